The SMILES string of the molecule is CCCCCC(=O)OCC(C)C(c1ccc(OC(=O)C(C)(C)CC)c(OC(=O)C(C)(C)CC)c1)[C@H](N)C(=O)O. The number of hydrogen-bond donors (Lipinski definition) is 2. The Bertz CT molecular complexity index is 1000. The average molecular weight is 550 g/mol. The van der Waals surface area contributed by atoms with Crippen LogP contribution in [0.15, 0.2) is 18.2 Å². The van der Waals surface area contributed by atoms with Crippen LogP contribution in [-0.2, 0) is 23.9 Å². The lowest BCUT2D eigenvalue weighted by molar-refractivity contribution is -0.147. The second-order valence-corrected chi connectivity index (χ2v) is 11.5. The maximum atomic E-state index is 13.0. The molecule has 2 unspecified atom stereocenters. The molecule has 0 radical (unpaired) electrons. The topological polar surface area (TPSA) is 142 Å². The molecule has 0 fully saturated rings. The molecule has 3 N–H and O–H groups in total. The van der Waals surface area contributed by atoms with Crippen LogP contribution in [0.1, 0.15) is 105 Å². The molecule has 39 heavy (non-hydrogen) atoms. The van der Waals surface area contributed by atoms with Crippen molar-refractivity contribution in [3.63, 3.8) is 0 Å². The van der Waals surface area contributed by atoms with E-state index in [-0.39, 0.29) is 30.5 Å². The molecule has 0 heterocycles. The molecule has 9 nitrogen and oxygen atoms in total. The van der Waals surface area contributed by atoms with E-state index < -0.39 is 46.6 Å². The van der Waals surface area contributed by atoms with E-state index in [4.69, 9.17) is 19.9 Å². The van der Waals surface area contributed by atoms with E-state index in [1.54, 1.807) is 40.7 Å². The van der Waals surface area contributed by atoms with Crippen LogP contribution in [0.3, 0.4) is 0 Å². The number of benzene rings is 1. The first-order valence-electron chi connectivity index (χ1n) is 13.8. The lowest BCUT2D eigenvalue weighted by Gasteiger charge is -2.29. The number of unbranched alkanes of at least 4 members (excludes halogenated alkanes) is 2. The van der Waals surface area contributed by atoms with Crippen molar-refractivity contribution in [1.82, 2.24) is 0 Å². The number of hydrogen-bond acceptors (Lipinski definition) is 8. The van der Waals surface area contributed by atoms with E-state index in [1.165, 1.54) is 12.1 Å². The van der Waals surface area contributed by atoms with Crippen molar-refractivity contribution in [1.29, 1.82) is 0 Å². The Morgan fingerprint density at radius 1 is 0.897 bits per heavy atom. The number of esters is 3. The normalized spacial score (nSPS) is 14.2. The van der Waals surface area contributed by atoms with Crippen molar-refractivity contribution in [2.24, 2.45) is 22.5 Å². The monoisotopic (exact) mass is 549 g/mol. The van der Waals surface area contributed by atoms with Crippen LogP contribution in [-0.4, -0.2) is 41.6 Å². The molecule has 220 valence electrons. The molecule has 1 aromatic carbocycles. The maximum Gasteiger partial charge on any atom is 0.321 e. The van der Waals surface area contributed by atoms with Gasteiger partial charge in [-0.1, -0.05) is 46.6 Å². The van der Waals surface area contributed by atoms with Gasteiger partial charge in [-0.2, -0.15) is 0 Å². The molecule has 0 aliphatic carbocycles. The summed E-state index contributed by atoms with van der Waals surface area (Å²) in [5.41, 5.74) is 4.97. The third-order valence-corrected chi connectivity index (χ3v) is 7.41. The van der Waals surface area contributed by atoms with Crippen molar-refractivity contribution in [2.45, 2.75) is 106 Å². The first-order valence-corrected chi connectivity index (χ1v) is 13.8. The maximum absolute atomic E-state index is 13.0. The molecule has 0 saturated carbocycles. The first kappa shape index (κ1) is 34.1. The quantitative estimate of drug-likeness (QED) is 0.152. The van der Waals surface area contributed by atoms with Crippen LogP contribution in [0.2, 0.25) is 0 Å². The molecule has 0 amide bonds. The molecule has 0 bridgehead atoms. The summed E-state index contributed by atoms with van der Waals surface area (Å²) in [7, 11) is 0. The highest BCUT2D eigenvalue weighted by molar-refractivity contribution is 5.82. The van der Waals surface area contributed by atoms with Gasteiger partial charge in [-0.25, -0.2) is 0 Å². The van der Waals surface area contributed by atoms with Gasteiger partial charge in [0, 0.05) is 12.3 Å². The molecule has 0 saturated heterocycles. The Morgan fingerprint density at radius 3 is 1.92 bits per heavy atom. The Labute approximate surface area is 232 Å². The van der Waals surface area contributed by atoms with Crippen LogP contribution >= 0.6 is 0 Å². The van der Waals surface area contributed by atoms with E-state index in [0.29, 0.717) is 18.4 Å². The number of ether oxygens (including phenoxy) is 3. The minimum Gasteiger partial charge on any atom is -0.480 e. The summed E-state index contributed by atoms with van der Waals surface area (Å²) >= 11 is 0. The van der Waals surface area contributed by atoms with Gasteiger partial charge in [-0.05, 0) is 70.6 Å². The van der Waals surface area contributed by atoms with Gasteiger partial charge >= 0.3 is 23.9 Å². The molecule has 3 atom stereocenters. The van der Waals surface area contributed by atoms with Crippen molar-refractivity contribution < 1.29 is 38.5 Å². The summed E-state index contributed by atoms with van der Waals surface area (Å²) in [6.07, 6.45) is 3.95. The highest BCUT2D eigenvalue weighted by Crippen LogP contribution is 2.38. The lowest BCUT2D eigenvalue weighted by Crippen LogP contribution is -2.40. The van der Waals surface area contributed by atoms with Gasteiger partial charge in [0.15, 0.2) is 11.5 Å². The second-order valence-electron chi connectivity index (χ2n) is 11.5. The smallest absolute Gasteiger partial charge is 0.321 e. The van der Waals surface area contributed by atoms with Crippen LogP contribution in [0, 0.1) is 16.7 Å². The van der Waals surface area contributed by atoms with Gasteiger partial charge in [0.25, 0.3) is 0 Å². The number of carbonyl (C=O) groups is 4. The van der Waals surface area contributed by atoms with Gasteiger partial charge in [0.1, 0.15) is 6.04 Å². The predicted octanol–water partition coefficient (Wildman–Crippen LogP) is 5.62. The average Bonchev–Trinajstić information content (AvgIpc) is 2.88. The number of nitrogens with two attached hydrogens (primary N) is 1. The molecule has 0 spiro atoms. The van der Waals surface area contributed by atoms with E-state index in [1.807, 2.05) is 20.8 Å². The van der Waals surface area contributed by atoms with Crippen molar-refractivity contribution >= 4 is 23.9 Å². The van der Waals surface area contributed by atoms with E-state index in [0.717, 1.165) is 19.3 Å². The number of carboxylic acid groups (broad SMARTS) is 1. The van der Waals surface area contributed by atoms with Gasteiger partial charge in [-0.15, -0.1) is 0 Å². The standard InChI is InChI=1S/C30H47NO8/c1-9-12-13-14-23(32)37-18-19(4)24(25(31)26(33)34)20-15-16-21(38-27(35)29(5,6)10-2)22(17-20)39-28(36)30(7,8)11-3/h15-17,19,24-25H,9-14,18,31H2,1-8H3,(H,33,34)/t19?,24?,25-/m0/s1. The number of carboxylic acids is 1. The molecule has 9 heteroatoms. The second kappa shape index (κ2) is 15.0. The van der Waals surface area contributed by atoms with Crippen LogP contribution in [0.4, 0.5) is 0 Å². The zero-order valence-electron chi connectivity index (χ0n) is 24.8. The number of rotatable bonds is 16. The van der Waals surface area contributed by atoms with Crippen molar-refractivity contribution in [2.75, 3.05) is 6.61 Å². The minimum absolute atomic E-state index is 0.00868. The predicted molar refractivity (Wildman–Crippen MR) is 148 cm³/mol. The molecule has 0 aliphatic rings. The Hall–Kier alpha value is -2.94. The highest BCUT2D eigenvalue weighted by atomic mass is 16.6. The zero-order chi connectivity index (χ0) is 30.0. The van der Waals surface area contributed by atoms with E-state index >= 15 is 0 Å². The molecule has 1 aromatic rings. The summed E-state index contributed by atoms with van der Waals surface area (Å²) in [4.78, 5) is 49.9. The fraction of sp³-hybridized carbons (Fsp3) is 0.667. The molecule has 0 aliphatic heterocycles. The summed E-state index contributed by atoms with van der Waals surface area (Å²) in [6.45, 7) is 14.5. The molecule has 1 rings (SSSR count). The van der Waals surface area contributed by atoms with Gasteiger partial charge < -0.3 is 25.1 Å². The summed E-state index contributed by atoms with van der Waals surface area (Å²) < 4.78 is 16.8. The summed E-state index contributed by atoms with van der Waals surface area (Å²) in [6, 6.07) is 3.22. The van der Waals surface area contributed by atoms with Gasteiger partial charge in [-0.3, -0.25) is 19.2 Å². The molecular formula is C30H47NO8. The summed E-state index contributed by atoms with van der Waals surface area (Å²) in [5, 5.41) is 9.74. The van der Waals surface area contributed by atoms with Gasteiger partial charge in [0.05, 0.1) is 17.4 Å². The summed E-state index contributed by atoms with van der Waals surface area (Å²) in [5.74, 6) is -3.83. The van der Waals surface area contributed by atoms with Crippen molar-refractivity contribution in [3.05, 3.63) is 23.8 Å². The minimum atomic E-state index is -1.33. The van der Waals surface area contributed by atoms with Crippen LogP contribution < -0.4 is 15.2 Å². The Kier molecular flexibility index (Phi) is 13.1. The largest absolute Gasteiger partial charge is 0.480 e. The molecular weight excluding hydrogens is 502 g/mol. The third-order valence-electron chi connectivity index (χ3n) is 7.41. The van der Waals surface area contributed by atoms with Crippen molar-refractivity contribution in [3.8, 4) is 11.5 Å². The number of carbonyl (C=O) groups excluding carboxylic acids is 3. The van der Waals surface area contributed by atoms with Gasteiger partial charge in [0.2, 0.25) is 0 Å². The third kappa shape index (κ3) is 9.95. The fourth-order valence-corrected chi connectivity index (χ4v) is 3.62. The number of aliphatic carboxylic acids is 1. The van der Waals surface area contributed by atoms with Crippen LogP contribution in [0.25, 0.3) is 0 Å². The lowest BCUT2D eigenvalue weighted by atomic mass is 9.82. The Balaban J connectivity index is 3.43. The first-order chi connectivity index (χ1) is 18.1. The van der Waals surface area contributed by atoms with Crippen LogP contribution in [0.5, 0.6) is 11.5 Å². The highest BCUT2D eigenvalue weighted by Gasteiger charge is 2.35. The molecule has 0 aromatic heterocycles. The zero-order valence-corrected chi connectivity index (χ0v) is 24.8. The Morgan fingerprint density at radius 2 is 1.44 bits per heavy atom. The van der Waals surface area contributed by atoms with E-state index in [2.05, 4.69) is 0 Å². The van der Waals surface area contributed by atoms with E-state index in [9.17, 15) is 24.3 Å². The fourth-order valence-electron chi connectivity index (χ4n) is 3.62.